The van der Waals surface area contributed by atoms with E-state index in [0.717, 1.165) is 52.1 Å². The smallest absolute Gasteiger partial charge is 0.251 e. The van der Waals surface area contributed by atoms with Crippen LogP contribution >= 0.6 is 0 Å². The molecule has 0 radical (unpaired) electrons. The number of amides is 1. The number of pyridine rings is 1. The lowest BCUT2D eigenvalue weighted by Gasteiger charge is -2.38. The standard InChI is InChI=1S/C29H33N9O2/c1-18-12-34-29(36-25(30)11-19(2)31-3)37-27(18)23-13-33-28-22(23)5-4-6-24(28)35-26(39)16-38-14-21(15-38)40-17-20-7-9-32-10-8-20/h4-13,21,31,33H,14-17H2,1-3H3,(H,35,39)(H2,30,34,36,37)/b19-11-. The van der Waals surface area contributed by atoms with Crippen molar-refractivity contribution in [2.75, 3.05) is 32.0 Å². The second kappa shape index (κ2) is 12.1. The van der Waals surface area contributed by atoms with E-state index in [-0.39, 0.29) is 18.0 Å². The largest absolute Gasteiger partial charge is 0.392 e. The van der Waals surface area contributed by atoms with Gasteiger partial charge in [-0.15, -0.1) is 0 Å². The number of aliphatic imine (C=N–C) groups is 1. The molecule has 0 unspecified atom stereocenters. The van der Waals surface area contributed by atoms with Crippen LogP contribution in [0.3, 0.4) is 0 Å². The normalized spacial score (nSPS) is 14.8. The number of H-pyrrole nitrogens is 1. The average Bonchev–Trinajstić information content (AvgIpc) is 3.36. The molecular weight excluding hydrogens is 506 g/mol. The van der Waals surface area contributed by atoms with Crippen molar-refractivity contribution in [2.45, 2.75) is 26.6 Å². The van der Waals surface area contributed by atoms with Crippen LogP contribution in [0.5, 0.6) is 0 Å². The van der Waals surface area contributed by atoms with Gasteiger partial charge in [-0.1, -0.05) is 12.1 Å². The van der Waals surface area contributed by atoms with Gasteiger partial charge in [-0.25, -0.2) is 9.97 Å². The Morgan fingerprint density at radius 3 is 2.85 bits per heavy atom. The lowest BCUT2D eigenvalue weighted by atomic mass is 10.1. The maximum absolute atomic E-state index is 12.9. The van der Waals surface area contributed by atoms with Crippen molar-refractivity contribution in [2.24, 2.45) is 10.7 Å². The number of nitrogens with two attached hydrogens (primary N) is 1. The number of anilines is 1. The Labute approximate surface area is 232 Å². The summed E-state index contributed by atoms with van der Waals surface area (Å²) in [5, 5.41) is 6.99. The number of aryl methyl sites for hydroxylation is 1. The van der Waals surface area contributed by atoms with Crippen LogP contribution in [0.15, 0.2) is 71.9 Å². The number of aromatic nitrogens is 4. The van der Waals surface area contributed by atoms with E-state index >= 15 is 0 Å². The Hall–Kier alpha value is -4.61. The van der Waals surface area contributed by atoms with E-state index in [0.29, 0.717) is 24.7 Å². The molecule has 3 aromatic heterocycles. The van der Waals surface area contributed by atoms with Gasteiger partial charge in [-0.2, -0.15) is 4.99 Å². The van der Waals surface area contributed by atoms with Crippen LogP contribution in [0, 0.1) is 6.92 Å². The predicted molar refractivity (Wildman–Crippen MR) is 156 cm³/mol. The van der Waals surface area contributed by atoms with Crippen molar-refractivity contribution in [3.63, 3.8) is 0 Å². The van der Waals surface area contributed by atoms with E-state index in [1.54, 1.807) is 24.7 Å². The van der Waals surface area contributed by atoms with E-state index in [4.69, 9.17) is 10.5 Å². The number of para-hydroxylation sites is 1. The van der Waals surface area contributed by atoms with E-state index in [2.05, 4.69) is 40.5 Å². The number of nitrogens with zero attached hydrogens (tertiary/aromatic N) is 5. The number of ether oxygens (including phenoxy) is 1. The Morgan fingerprint density at radius 2 is 2.08 bits per heavy atom. The summed E-state index contributed by atoms with van der Waals surface area (Å²) in [6.45, 7) is 6.14. The molecule has 1 saturated heterocycles. The number of benzene rings is 1. The fourth-order valence-corrected chi connectivity index (χ4v) is 4.50. The number of likely N-dealkylation sites (tertiary alicyclic amines) is 1. The molecule has 11 nitrogen and oxygen atoms in total. The van der Waals surface area contributed by atoms with Crippen molar-refractivity contribution in [3.05, 3.63) is 78.0 Å². The summed E-state index contributed by atoms with van der Waals surface area (Å²) in [7, 11) is 1.81. The summed E-state index contributed by atoms with van der Waals surface area (Å²) < 4.78 is 5.92. The molecule has 1 aliphatic rings. The molecule has 0 spiro atoms. The Morgan fingerprint density at radius 1 is 1.27 bits per heavy atom. The van der Waals surface area contributed by atoms with Crippen LogP contribution in [-0.4, -0.2) is 69.4 Å². The molecule has 206 valence electrons. The molecule has 1 aliphatic heterocycles. The van der Waals surface area contributed by atoms with Gasteiger partial charge in [-0.3, -0.25) is 14.7 Å². The first-order valence-electron chi connectivity index (χ1n) is 13.1. The first kappa shape index (κ1) is 27.0. The van der Waals surface area contributed by atoms with Gasteiger partial charge >= 0.3 is 0 Å². The molecule has 5 N–H and O–H groups in total. The molecule has 0 atom stereocenters. The van der Waals surface area contributed by atoms with Crippen LogP contribution in [0.4, 0.5) is 11.6 Å². The summed E-state index contributed by atoms with van der Waals surface area (Å²) in [4.78, 5) is 35.6. The summed E-state index contributed by atoms with van der Waals surface area (Å²) in [6, 6.07) is 9.68. The zero-order valence-electron chi connectivity index (χ0n) is 22.8. The van der Waals surface area contributed by atoms with Crippen LogP contribution in [0.1, 0.15) is 18.1 Å². The highest BCUT2D eigenvalue weighted by atomic mass is 16.5. The average molecular weight is 540 g/mol. The molecule has 1 aromatic carbocycles. The third-order valence-electron chi connectivity index (χ3n) is 6.72. The number of allylic oxidation sites excluding steroid dienone is 1. The third-order valence-corrected chi connectivity index (χ3v) is 6.72. The van der Waals surface area contributed by atoms with Crippen LogP contribution in [0.25, 0.3) is 22.2 Å². The molecule has 0 bridgehead atoms. The van der Waals surface area contributed by atoms with Gasteiger partial charge in [0.2, 0.25) is 5.91 Å². The van der Waals surface area contributed by atoms with Gasteiger partial charge in [0.15, 0.2) is 0 Å². The lowest BCUT2D eigenvalue weighted by molar-refractivity contribution is -0.122. The van der Waals surface area contributed by atoms with Crippen LogP contribution < -0.4 is 16.4 Å². The second-order valence-corrected chi connectivity index (χ2v) is 9.78. The Bertz CT molecular complexity index is 1560. The fourth-order valence-electron chi connectivity index (χ4n) is 4.50. The van der Waals surface area contributed by atoms with Gasteiger partial charge in [0, 0.05) is 61.6 Å². The monoisotopic (exact) mass is 539 g/mol. The maximum atomic E-state index is 12.9. The minimum atomic E-state index is -0.0773. The van der Waals surface area contributed by atoms with E-state index in [9.17, 15) is 4.79 Å². The van der Waals surface area contributed by atoms with Crippen molar-refractivity contribution in [1.82, 2.24) is 30.2 Å². The van der Waals surface area contributed by atoms with E-state index in [1.807, 2.05) is 57.4 Å². The quantitative estimate of drug-likeness (QED) is 0.177. The minimum absolute atomic E-state index is 0.0773. The van der Waals surface area contributed by atoms with E-state index in [1.165, 1.54) is 0 Å². The number of hydrogen-bond acceptors (Lipinski definition) is 8. The molecule has 4 heterocycles. The number of hydrogen-bond donors (Lipinski definition) is 4. The molecule has 0 saturated carbocycles. The molecule has 1 fully saturated rings. The van der Waals surface area contributed by atoms with Crippen molar-refractivity contribution in [1.29, 1.82) is 0 Å². The highest BCUT2D eigenvalue weighted by Crippen LogP contribution is 2.33. The number of rotatable bonds is 10. The summed E-state index contributed by atoms with van der Waals surface area (Å²) in [5.41, 5.74) is 12.1. The van der Waals surface area contributed by atoms with Crippen molar-refractivity contribution < 1.29 is 9.53 Å². The van der Waals surface area contributed by atoms with Crippen LogP contribution in [0.2, 0.25) is 0 Å². The zero-order valence-corrected chi connectivity index (χ0v) is 22.8. The van der Waals surface area contributed by atoms with Crippen molar-refractivity contribution in [3.8, 4) is 11.3 Å². The molecule has 40 heavy (non-hydrogen) atoms. The first-order valence-corrected chi connectivity index (χ1v) is 13.1. The molecule has 5 rings (SSSR count). The minimum Gasteiger partial charge on any atom is -0.392 e. The zero-order chi connectivity index (χ0) is 28.1. The van der Waals surface area contributed by atoms with Gasteiger partial charge in [0.25, 0.3) is 5.95 Å². The highest BCUT2D eigenvalue weighted by Gasteiger charge is 2.29. The summed E-state index contributed by atoms with van der Waals surface area (Å²) in [6.07, 6.45) is 8.98. The summed E-state index contributed by atoms with van der Waals surface area (Å²) in [5.74, 6) is 0.501. The number of carbonyl (C=O) groups is 1. The highest BCUT2D eigenvalue weighted by molar-refractivity contribution is 6.06. The van der Waals surface area contributed by atoms with Crippen molar-refractivity contribution >= 4 is 34.3 Å². The first-order chi connectivity index (χ1) is 19.4. The number of nitrogens with one attached hydrogen (secondary N) is 3. The second-order valence-electron chi connectivity index (χ2n) is 9.78. The van der Waals surface area contributed by atoms with Gasteiger partial charge < -0.3 is 26.1 Å². The number of aromatic amines is 1. The number of fused-ring (bicyclic) bond motifs is 1. The molecule has 11 heteroatoms. The SMILES string of the molecule is CN/C(C)=C\C(N)=N/c1ncc(C)c(-c2c[nH]c3c(NC(=O)CN4CC(OCc5ccncc5)C4)cccc23)n1. The van der Waals surface area contributed by atoms with E-state index < -0.39 is 0 Å². The Kier molecular flexibility index (Phi) is 8.13. The maximum Gasteiger partial charge on any atom is 0.251 e. The number of amidine groups is 1. The molecule has 4 aromatic rings. The number of carbonyl (C=O) groups excluding carboxylic acids is 1. The predicted octanol–water partition coefficient (Wildman–Crippen LogP) is 3.28. The molecular formula is C29H33N9O2. The third kappa shape index (κ3) is 6.33. The van der Waals surface area contributed by atoms with Gasteiger partial charge in [0.05, 0.1) is 36.2 Å². The lowest BCUT2D eigenvalue weighted by Crippen LogP contribution is -2.54. The van der Waals surface area contributed by atoms with Gasteiger partial charge in [0.1, 0.15) is 5.84 Å². The molecule has 1 amide bonds. The topological polar surface area (TPSA) is 146 Å². The molecule has 0 aliphatic carbocycles. The van der Waals surface area contributed by atoms with Gasteiger partial charge in [-0.05, 0) is 49.2 Å². The fraction of sp³-hybridized carbons (Fsp3) is 0.276. The Balaban J connectivity index is 1.24. The van der Waals surface area contributed by atoms with Crippen LogP contribution in [-0.2, 0) is 16.1 Å². The summed E-state index contributed by atoms with van der Waals surface area (Å²) >= 11 is 0.